The second-order valence-corrected chi connectivity index (χ2v) is 2.95. The van der Waals surface area contributed by atoms with E-state index in [4.69, 9.17) is 5.73 Å². The normalized spacial score (nSPS) is 10.2. The quantitative estimate of drug-likeness (QED) is 0.694. The third-order valence-corrected chi connectivity index (χ3v) is 1.89. The van der Waals surface area contributed by atoms with Crippen LogP contribution in [0.3, 0.4) is 0 Å². The van der Waals surface area contributed by atoms with Gasteiger partial charge in [0, 0.05) is 5.69 Å². The zero-order valence-electron chi connectivity index (χ0n) is 7.48. The molecule has 1 rings (SSSR count). The largest absolute Gasteiger partial charge is 0.394 e. The van der Waals surface area contributed by atoms with Crippen molar-refractivity contribution in [1.82, 2.24) is 4.98 Å². The lowest BCUT2D eigenvalue weighted by atomic mass is 10.1. The number of H-pyrrole nitrogens is 1. The fourth-order valence-corrected chi connectivity index (χ4v) is 1.21. The number of aromatic nitrogens is 1. The Kier molecular flexibility index (Phi) is 2.53. The van der Waals surface area contributed by atoms with Gasteiger partial charge in [-0.2, -0.15) is 0 Å². The van der Waals surface area contributed by atoms with Crippen molar-refractivity contribution in [3.8, 4) is 0 Å². The number of aromatic amines is 1. The summed E-state index contributed by atoms with van der Waals surface area (Å²) in [4.78, 5) is 13.7. The number of hydrogen-bond acceptors (Lipinski definition) is 2. The van der Waals surface area contributed by atoms with Gasteiger partial charge in [0.25, 0.3) is 5.56 Å². The average molecular weight is 166 g/mol. The molecule has 1 heterocycles. The molecule has 0 bridgehead atoms. The Balaban J connectivity index is 3.14. The van der Waals surface area contributed by atoms with Crippen molar-refractivity contribution >= 4 is 5.69 Å². The molecular weight excluding hydrogens is 152 g/mol. The Bertz CT molecular complexity index is 328. The lowest BCUT2D eigenvalue weighted by Gasteiger charge is -2.03. The van der Waals surface area contributed by atoms with E-state index in [0.717, 1.165) is 24.1 Å². The minimum Gasteiger partial charge on any atom is -0.394 e. The summed E-state index contributed by atoms with van der Waals surface area (Å²) in [5, 5.41) is 0. The third-order valence-electron chi connectivity index (χ3n) is 1.89. The smallest absolute Gasteiger partial charge is 0.271 e. The van der Waals surface area contributed by atoms with Gasteiger partial charge in [0.05, 0.1) is 5.69 Å². The number of pyridine rings is 1. The molecule has 0 spiro atoms. The first-order chi connectivity index (χ1) is 5.65. The van der Waals surface area contributed by atoms with Gasteiger partial charge in [0.1, 0.15) is 0 Å². The standard InChI is InChI=1S/C9H14N2O/c1-3-4-7-5-8(10)9(12)11-6(7)2/h5H,3-4,10H2,1-2H3,(H,11,12). The first-order valence-electron chi connectivity index (χ1n) is 4.13. The van der Waals surface area contributed by atoms with Crippen LogP contribution in [-0.2, 0) is 6.42 Å². The zero-order chi connectivity index (χ0) is 9.14. The number of nitrogen functional groups attached to an aromatic ring is 1. The summed E-state index contributed by atoms with van der Waals surface area (Å²) >= 11 is 0. The minimum atomic E-state index is -0.188. The molecule has 12 heavy (non-hydrogen) atoms. The van der Waals surface area contributed by atoms with Crippen LogP contribution in [0.2, 0.25) is 0 Å². The van der Waals surface area contributed by atoms with Crippen LogP contribution in [0.5, 0.6) is 0 Å². The van der Waals surface area contributed by atoms with E-state index in [0.29, 0.717) is 5.69 Å². The third kappa shape index (κ3) is 1.67. The van der Waals surface area contributed by atoms with Crippen molar-refractivity contribution < 1.29 is 0 Å². The van der Waals surface area contributed by atoms with Crippen LogP contribution in [0, 0.1) is 6.92 Å². The maximum atomic E-state index is 11.0. The lowest BCUT2D eigenvalue weighted by Crippen LogP contribution is -2.14. The van der Waals surface area contributed by atoms with Gasteiger partial charge in [-0.15, -0.1) is 0 Å². The molecule has 0 unspecified atom stereocenters. The topological polar surface area (TPSA) is 58.9 Å². The van der Waals surface area contributed by atoms with E-state index in [1.165, 1.54) is 0 Å². The van der Waals surface area contributed by atoms with Crippen molar-refractivity contribution in [1.29, 1.82) is 0 Å². The predicted molar refractivity (Wildman–Crippen MR) is 50.2 cm³/mol. The van der Waals surface area contributed by atoms with E-state index in [9.17, 15) is 4.79 Å². The van der Waals surface area contributed by atoms with Crippen LogP contribution in [0.15, 0.2) is 10.9 Å². The fraction of sp³-hybridized carbons (Fsp3) is 0.444. The van der Waals surface area contributed by atoms with Crippen molar-refractivity contribution in [2.45, 2.75) is 26.7 Å². The maximum Gasteiger partial charge on any atom is 0.271 e. The molecule has 0 aliphatic carbocycles. The van der Waals surface area contributed by atoms with Gasteiger partial charge in [0.15, 0.2) is 0 Å². The molecule has 0 fully saturated rings. The van der Waals surface area contributed by atoms with E-state index >= 15 is 0 Å². The lowest BCUT2D eigenvalue weighted by molar-refractivity contribution is 0.895. The summed E-state index contributed by atoms with van der Waals surface area (Å²) in [6.45, 7) is 3.99. The van der Waals surface area contributed by atoms with E-state index in [2.05, 4.69) is 11.9 Å². The van der Waals surface area contributed by atoms with Gasteiger partial charge in [-0.3, -0.25) is 4.79 Å². The molecule has 0 aliphatic rings. The molecular formula is C9H14N2O. The summed E-state index contributed by atoms with van der Waals surface area (Å²) in [6, 6.07) is 1.76. The molecule has 3 N–H and O–H groups in total. The molecule has 0 saturated carbocycles. The van der Waals surface area contributed by atoms with Gasteiger partial charge in [-0.05, 0) is 25.0 Å². The first kappa shape index (κ1) is 8.84. The van der Waals surface area contributed by atoms with Crippen LogP contribution in [0.4, 0.5) is 5.69 Å². The van der Waals surface area contributed by atoms with Crippen LogP contribution in [0.25, 0.3) is 0 Å². The SMILES string of the molecule is CCCc1cc(N)c(=O)[nH]c1C. The van der Waals surface area contributed by atoms with Crippen molar-refractivity contribution in [3.63, 3.8) is 0 Å². The molecule has 3 heteroatoms. The molecule has 3 nitrogen and oxygen atoms in total. The molecule has 66 valence electrons. The van der Waals surface area contributed by atoms with Crippen LogP contribution >= 0.6 is 0 Å². The van der Waals surface area contributed by atoms with Gasteiger partial charge in [-0.1, -0.05) is 13.3 Å². The highest BCUT2D eigenvalue weighted by Crippen LogP contribution is 2.07. The van der Waals surface area contributed by atoms with Crippen molar-refractivity contribution in [2.24, 2.45) is 0 Å². The van der Waals surface area contributed by atoms with Gasteiger partial charge >= 0.3 is 0 Å². The maximum absolute atomic E-state index is 11.0. The molecule has 0 radical (unpaired) electrons. The summed E-state index contributed by atoms with van der Waals surface area (Å²) in [5.41, 5.74) is 7.66. The summed E-state index contributed by atoms with van der Waals surface area (Å²) in [6.07, 6.45) is 2.03. The second-order valence-electron chi connectivity index (χ2n) is 2.95. The number of nitrogens with one attached hydrogen (secondary N) is 1. The predicted octanol–water partition coefficient (Wildman–Crippen LogP) is 1.22. The Labute approximate surface area is 71.6 Å². The molecule has 0 atom stereocenters. The summed E-state index contributed by atoms with van der Waals surface area (Å²) < 4.78 is 0. The second kappa shape index (κ2) is 3.43. The first-order valence-corrected chi connectivity index (χ1v) is 4.13. The number of aryl methyl sites for hydroxylation is 2. The number of anilines is 1. The van der Waals surface area contributed by atoms with E-state index in [1.54, 1.807) is 6.07 Å². The highest BCUT2D eigenvalue weighted by Gasteiger charge is 2.00. The highest BCUT2D eigenvalue weighted by atomic mass is 16.1. The Hall–Kier alpha value is -1.25. The molecule has 1 aromatic heterocycles. The van der Waals surface area contributed by atoms with Crippen molar-refractivity contribution in [2.75, 3.05) is 5.73 Å². The molecule has 0 saturated heterocycles. The van der Waals surface area contributed by atoms with Crippen molar-refractivity contribution in [3.05, 3.63) is 27.7 Å². The summed E-state index contributed by atoms with van der Waals surface area (Å²) in [5.74, 6) is 0. The average Bonchev–Trinajstić information content (AvgIpc) is 2.01. The van der Waals surface area contributed by atoms with Gasteiger partial charge < -0.3 is 10.7 Å². The fourth-order valence-electron chi connectivity index (χ4n) is 1.21. The van der Waals surface area contributed by atoms with Crippen LogP contribution in [-0.4, -0.2) is 4.98 Å². The van der Waals surface area contributed by atoms with Gasteiger partial charge in [-0.25, -0.2) is 0 Å². The molecule has 1 aromatic rings. The summed E-state index contributed by atoms with van der Waals surface area (Å²) in [7, 11) is 0. The van der Waals surface area contributed by atoms with E-state index in [-0.39, 0.29) is 5.56 Å². The number of hydrogen-bond donors (Lipinski definition) is 2. The van der Waals surface area contributed by atoms with Crippen LogP contribution in [0.1, 0.15) is 24.6 Å². The van der Waals surface area contributed by atoms with E-state index < -0.39 is 0 Å². The Morgan fingerprint density at radius 2 is 2.25 bits per heavy atom. The molecule has 0 aromatic carbocycles. The number of nitrogens with two attached hydrogens (primary N) is 1. The molecule has 0 aliphatic heterocycles. The van der Waals surface area contributed by atoms with E-state index in [1.807, 2.05) is 6.92 Å². The van der Waals surface area contributed by atoms with Gasteiger partial charge in [0.2, 0.25) is 0 Å². The Morgan fingerprint density at radius 3 is 2.83 bits per heavy atom. The molecule has 0 amide bonds. The minimum absolute atomic E-state index is 0.188. The number of rotatable bonds is 2. The highest BCUT2D eigenvalue weighted by molar-refractivity contribution is 5.39. The van der Waals surface area contributed by atoms with Crippen LogP contribution < -0.4 is 11.3 Å². The monoisotopic (exact) mass is 166 g/mol. The Morgan fingerprint density at radius 1 is 1.58 bits per heavy atom. The zero-order valence-corrected chi connectivity index (χ0v) is 7.48.